The van der Waals surface area contributed by atoms with Gasteiger partial charge in [-0.15, -0.1) is 0 Å². The number of carboxylic acids is 1. The number of para-hydroxylation sites is 1. The number of anilines is 1. The highest BCUT2D eigenvalue weighted by molar-refractivity contribution is 5.94. The van der Waals surface area contributed by atoms with Gasteiger partial charge in [0.25, 0.3) is 0 Å². The van der Waals surface area contributed by atoms with E-state index in [1.54, 1.807) is 5.32 Å². The van der Waals surface area contributed by atoms with Gasteiger partial charge in [-0.25, -0.2) is 0 Å². The van der Waals surface area contributed by atoms with Crippen molar-refractivity contribution in [1.29, 1.82) is 0 Å². The van der Waals surface area contributed by atoms with Crippen LogP contribution >= 0.6 is 0 Å². The van der Waals surface area contributed by atoms with Crippen LogP contribution in [0.3, 0.4) is 0 Å². The molecule has 6 nitrogen and oxygen atoms in total. The third-order valence-corrected chi connectivity index (χ3v) is 3.23. The number of ether oxygens (including phenoxy) is 1. The number of quaternary nitrogens is 1. The fourth-order valence-corrected chi connectivity index (χ4v) is 2.05. The summed E-state index contributed by atoms with van der Waals surface area (Å²) in [5, 5.41) is 15.4. The van der Waals surface area contributed by atoms with Crippen molar-refractivity contribution in [3.63, 3.8) is 0 Å². The molecule has 21 heavy (non-hydrogen) atoms. The van der Waals surface area contributed by atoms with Crippen LogP contribution in [0.5, 0.6) is 0 Å². The fraction of sp³-hybridized carbons (Fsp3) is 0.467. The number of rotatable bonds is 8. The Bertz CT molecular complexity index is 482. The zero-order chi connectivity index (χ0) is 15.8. The van der Waals surface area contributed by atoms with Crippen molar-refractivity contribution in [2.24, 2.45) is 0 Å². The van der Waals surface area contributed by atoms with E-state index in [2.05, 4.69) is 5.32 Å². The predicted molar refractivity (Wildman–Crippen MR) is 76.6 cm³/mol. The monoisotopic (exact) mass is 294 g/mol. The molecule has 1 atom stereocenters. The van der Waals surface area contributed by atoms with Crippen LogP contribution in [0.2, 0.25) is 0 Å². The van der Waals surface area contributed by atoms with E-state index in [-0.39, 0.29) is 12.3 Å². The standard InChI is InChI=1S/C15H22N2O4/c1-10-5-4-6-11(2)14(10)17-13(18)9-12(15(19)20)16-7-8-21-3/h4-6,12,16H,7-9H2,1-3H3,(H,17,18)(H,19,20)/t12-/m0/s1. The fourth-order valence-electron chi connectivity index (χ4n) is 2.05. The van der Waals surface area contributed by atoms with Crippen molar-refractivity contribution in [2.45, 2.75) is 26.3 Å². The molecule has 0 aliphatic heterocycles. The molecule has 0 bridgehead atoms. The van der Waals surface area contributed by atoms with Gasteiger partial charge in [0.2, 0.25) is 5.91 Å². The Morgan fingerprint density at radius 3 is 2.48 bits per heavy atom. The van der Waals surface area contributed by atoms with Gasteiger partial charge in [0.05, 0.1) is 25.5 Å². The maximum atomic E-state index is 12.0. The van der Waals surface area contributed by atoms with Crippen molar-refractivity contribution < 1.29 is 24.7 Å². The molecule has 0 radical (unpaired) electrons. The second-order valence-corrected chi connectivity index (χ2v) is 4.96. The van der Waals surface area contributed by atoms with E-state index in [9.17, 15) is 14.7 Å². The third-order valence-electron chi connectivity index (χ3n) is 3.23. The first kappa shape index (κ1) is 17.1. The zero-order valence-corrected chi connectivity index (χ0v) is 12.6. The first-order valence-corrected chi connectivity index (χ1v) is 6.85. The number of benzene rings is 1. The van der Waals surface area contributed by atoms with Gasteiger partial charge in [-0.3, -0.25) is 4.79 Å². The molecule has 1 aromatic carbocycles. The quantitative estimate of drug-likeness (QED) is 0.599. The Labute approximate surface area is 124 Å². The zero-order valence-electron chi connectivity index (χ0n) is 12.6. The lowest BCUT2D eigenvalue weighted by atomic mass is 10.1. The summed E-state index contributed by atoms with van der Waals surface area (Å²) in [6, 6.07) is 4.78. The maximum Gasteiger partial charge on any atom is 0.230 e. The molecule has 0 unspecified atom stereocenters. The Kier molecular flexibility index (Phi) is 6.84. The molecule has 1 amide bonds. The second-order valence-electron chi connectivity index (χ2n) is 4.96. The molecule has 6 heteroatoms. The molecular weight excluding hydrogens is 272 g/mol. The molecule has 0 heterocycles. The first-order valence-electron chi connectivity index (χ1n) is 6.85. The Hall–Kier alpha value is -1.92. The molecule has 0 saturated carbocycles. The van der Waals surface area contributed by atoms with E-state index in [1.165, 1.54) is 7.11 Å². The van der Waals surface area contributed by atoms with E-state index in [1.807, 2.05) is 32.0 Å². The molecule has 0 spiro atoms. The van der Waals surface area contributed by atoms with E-state index >= 15 is 0 Å². The van der Waals surface area contributed by atoms with Crippen molar-refractivity contribution in [2.75, 3.05) is 25.6 Å². The second kappa shape index (κ2) is 8.39. The van der Waals surface area contributed by atoms with Crippen molar-refractivity contribution >= 4 is 17.6 Å². The van der Waals surface area contributed by atoms with E-state index < -0.39 is 12.0 Å². The highest BCUT2D eigenvalue weighted by Gasteiger charge is 2.18. The van der Waals surface area contributed by atoms with Crippen LogP contribution in [0.15, 0.2) is 18.2 Å². The van der Waals surface area contributed by atoms with Crippen LogP contribution in [-0.2, 0) is 14.3 Å². The SMILES string of the molecule is COCC[NH2+][C@@H](CC(=O)Nc1c(C)cccc1C)C(=O)[O-]. The number of carboxylic acid groups (broad SMARTS) is 1. The average Bonchev–Trinajstić information content (AvgIpc) is 2.42. The molecule has 1 rings (SSSR count). The number of carbonyl (C=O) groups excluding carboxylic acids is 2. The number of amides is 1. The van der Waals surface area contributed by atoms with Gasteiger partial charge in [0.1, 0.15) is 6.04 Å². The number of carbonyl (C=O) groups is 2. The highest BCUT2D eigenvalue weighted by Crippen LogP contribution is 2.19. The van der Waals surface area contributed by atoms with Crippen LogP contribution < -0.4 is 15.7 Å². The van der Waals surface area contributed by atoms with Gasteiger partial charge in [0, 0.05) is 12.8 Å². The first-order chi connectivity index (χ1) is 9.95. The van der Waals surface area contributed by atoms with Gasteiger partial charge >= 0.3 is 0 Å². The van der Waals surface area contributed by atoms with Gasteiger partial charge in [-0.2, -0.15) is 0 Å². The largest absolute Gasteiger partial charge is 0.544 e. The smallest absolute Gasteiger partial charge is 0.230 e. The number of aryl methyl sites for hydroxylation is 2. The van der Waals surface area contributed by atoms with Crippen molar-refractivity contribution in [1.82, 2.24) is 0 Å². The van der Waals surface area contributed by atoms with Crippen LogP contribution in [0.25, 0.3) is 0 Å². The molecule has 116 valence electrons. The van der Waals surface area contributed by atoms with Crippen molar-refractivity contribution in [3.8, 4) is 0 Å². The van der Waals surface area contributed by atoms with Crippen LogP contribution in [0.1, 0.15) is 17.5 Å². The Morgan fingerprint density at radius 1 is 1.33 bits per heavy atom. The number of nitrogens with two attached hydrogens (primary N) is 1. The summed E-state index contributed by atoms with van der Waals surface area (Å²) in [6.07, 6.45) is -0.139. The van der Waals surface area contributed by atoms with Crippen molar-refractivity contribution in [3.05, 3.63) is 29.3 Å². The minimum Gasteiger partial charge on any atom is -0.544 e. The molecule has 0 fully saturated rings. The number of nitrogens with one attached hydrogen (secondary N) is 1. The van der Waals surface area contributed by atoms with Gasteiger partial charge < -0.3 is 25.3 Å². The summed E-state index contributed by atoms with van der Waals surface area (Å²) in [6.45, 7) is 4.67. The maximum absolute atomic E-state index is 12.0. The summed E-state index contributed by atoms with van der Waals surface area (Å²) < 4.78 is 4.86. The van der Waals surface area contributed by atoms with Gasteiger partial charge in [-0.05, 0) is 25.0 Å². The molecular formula is C15H22N2O4. The van der Waals surface area contributed by atoms with Gasteiger partial charge in [-0.1, -0.05) is 18.2 Å². The average molecular weight is 294 g/mol. The Morgan fingerprint density at radius 2 is 1.95 bits per heavy atom. The molecule has 0 saturated heterocycles. The van der Waals surface area contributed by atoms with E-state index in [4.69, 9.17) is 4.74 Å². The lowest BCUT2D eigenvalue weighted by molar-refractivity contribution is -0.683. The predicted octanol–water partition coefficient (Wildman–Crippen LogP) is -1.04. The van der Waals surface area contributed by atoms with E-state index in [0.717, 1.165) is 16.8 Å². The third kappa shape index (κ3) is 5.53. The summed E-state index contributed by atoms with van der Waals surface area (Å²) in [7, 11) is 1.54. The Balaban J connectivity index is 2.63. The van der Waals surface area contributed by atoms with Gasteiger partial charge in [0.15, 0.2) is 0 Å². The topological polar surface area (TPSA) is 95.1 Å². The summed E-state index contributed by atoms with van der Waals surface area (Å²) >= 11 is 0. The van der Waals surface area contributed by atoms with Crippen LogP contribution in [0.4, 0.5) is 5.69 Å². The summed E-state index contributed by atoms with van der Waals surface area (Å²) in [4.78, 5) is 23.1. The molecule has 3 N–H and O–H groups in total. The normalized spacial score (nSPS) is 12.0. The van der Waals surface area contributed by atoms with E-state index in [0.29, 0.717) is 13.2 Å². The molecule has 0 aliphatic carbocycles. The minimum atomic E-state index is -1.25. The number of methoxy groups -OCH3 is 1. The minimum absolute atomic E-state index is 0.139. The molecule has 1 aromatic rings. The van der Waals surface area contributed by atoms with Crippen LogP contribution in [0, 0.1) is 13.8 Å². The molecule has 0 aromatic heterocycles. The lowest BCUT2D eigenvalue weighted by Crippen LogP contribution is -2.94. The number of hydrogen-bond acceptors (Lipinski definition) is 4. The lowest BCUT2D eigenvalue weighted by Gasteiger charge is -2.17. The summed E-state index contributed by atoms with van der Waals surface area (Å²) in [5.74, 6) is -1.59. The molecule has 0 aliphatic rings. The van der Waals surface area contributed by atoms with Crippen LogP contribution in [-0.4, -0.2) is 38.2 Å². The number of hydrogen-bond donors (Lipinski definition) is 2. The highest BCUT2D eigenvalue weighted by atomic mass is 16.5. The summed E-state index contributed by atoms with van der Waals surface area (Å²) in [5.41, 5.74) is 2.62. The number of aliphatic carboxylic acids is 1.